The van der Waals surface area contributed by atoms with E-state index >= 15 is 0 Å². The standard InChI is InChI=1S/C14H12N4O/c15-7-11-8-16-9-14(18-11)19-12-4-3-10-2-1-5-17-13(10)6-12/h1-6,8-9H,7,15H2. The van der Waals surface area contributed by atoms with Crippen LogP contribution in [0.2, 0.25) is 0 Å². The predicted octanol–water partition coefficient (Wildman–Crippen LogP) is 2.28. The Hall–Kier alpha value is -2.53. The molecule has 5 heteroatoms. The second-order valence-corrected chi connectivity index (χ2v) is 4.01. The number of fused-ring (bicyclic) bond motifs is 1. The van der Waals surface area contributed by atoms with Crippen LogP contribution in [0.4, 0.5) is 0 Å². The van der Waals surface area contributed by atoms with Crippen molar-refractivity contribution in [2.75, 3.05) is 0 Å². The molecule has 0 atom stereocenters. The Balaban J connectivity index is 1.92. The third kappa shape index (κ3) is 2.51. The fraction of sp³-hybridized carbons (Fsp3) is 0.0714. The monoisotopic (exact) mass is 252 g/mol. The molecule has 0 aliphatic heterocycles. The number of rotatable bonds is 3. The lowest BCUT2D eigenvalue weighted by atomic mass is 10.2. The van der Waals surface area contributed by atoms with Gasteiger partial charge in [-0.05, 0) is 18.2 Å². The van der Waals surface area contributed by atoms with E-state index in [0.29, 0.717) is 23.9 Å². The summed E-state index contributed by atoms with van der Waals surface area (Å²) in [4.78, 5) is 12.5. The van der Waals surface area contributed by atoms with E-state index < -0.39 is 0 Å². The SMILES string of the molecule is NCc1cncc(Oc2ccc3cccnc3c2)n1. The highest BCUT2D eigenvalue weighted by atomic mass is 16.5. The zero-order valence-electron chi connectivity index (χ0n) is 10.2. The van der Waals surface area contributed by atoms with Crippen LogP contribution in [-0.4, -0.2) is 15.0 Å². The third-order valence-electron chi connectivity index (χ3n) is 2.67. The summed E-state index contributed by atoms with van der Waals surface area (Å²) in [6.07, 6.45) is 4.93. The fourth-order valence-corrected chi connectivity index (χ4v) is 1.76. The lowest BCUT2D eigenvalue weighted by Crippen LogP contribution is -2.01. The molecule has 3 aromatic rings. The summed E-state index contributed by atoms with van der Waals surface area (Å²) < 4.78 is 5.66. The molecule has 2 aromatic heterocycles. The summed E-state index contributed by atoms with van der Waals surface area (Å²) in [5.74, 6) is 1.10. The molecular formula is C14H12N4O. The minimum atomic E-state index is 0.337. The number of aromatic nitrogens is 3. The van der Waals surface area contributed by atoms with Crippen molar-refractivity contribution in [2.45, 2.75) is 6.54 Å². The molecule has 0 radical (unpaired) electrons. The van der Waals surface area contributed by atoms with Crippen LogP contribution in [-0.2, 0) is 6.54 Å². The van der Waals surface area contributed by atoms with Gasteiger partial charge in [-0.25, -0.2) is 4.98 Å². The Morgan fingerprint density at radius 1 is 1.16 bits per heavy atom. The predicted molar refractivity (Wildman–Crippen MR) is 71.7 cm³/mol. The maximum absolute atomic E-state index is 5.66. The molecule has 0 spiro atoms. The number of nitrogens with zero attached hydrogens (tertiary/aromatic N) is 3. The minimum Gasteiger partial charge on any atom is -0.437 e. The molecule has 0 bridgehead atoms. The van der Waals surface area contributed by atoms with Gasteiger partial charge in [0, 0.05) is 30.4 Å². The molecule has 94 valence electrons. The Labute approximate surface area is 110 Å². The van der Waals surface area contributed by atoms with Crippen LogP contribution in [0, 0.1) is 0 Å². The van der Waals surface area contributed by atoms with E-state index in [1.165, 1.54) is 0 Å². The van der Waals surface area contributed by atoms with Crippen molar-refractivity contribution in [3.8, 4) is 11.6 Å². The van der Waals surface area contributed by atoms with Gasteiger partial charge in [0.1, 0.15) is 5.75 Å². The van der Waals surface area contributed by atoms with Crippen molar-refractivity contribution < 1.29 is 4.74 Å². The Kier molecular flexibility index (Phi) is 3.04. The van der Waals surface area contributed by atoms with Crippen molar-refractivity contribution >= 4 is 10.9 Å². The van der Waals surface area contributed by atoms with Gasteiger partial charge in [0.15, 0.2) is 0 Å². The van der Waals surface area contributed by atoms with E-state index in [4.69, 9.17) is 10.5 Å². The minimum absolute atomic E-state index is 0.337. The molecule has 2 heterocycles. The lowest BCUT2D eigenvalue weighted by Gasteiger charge is -2.06. The van der Waals surface area contributed by atoms with E-state index in [1.807, 2.05) is 30.3 Å². The number of benzene rings is 1. The first-order valence-corrected chi connectivity index (χ1v) is 5.89. The number of ether oxygens (including phenoxy) is 1. The summed E-state index contributed by atoms with van der Waals surface area (Å²) in [6.45, 7) is 0.337. The first-order chi connectivity index (χ1) is 9.35. The van der Waals surface area contributed by atoms with Gasteiger partial charge in [0.05, 0.1) is 17.4 Å². The molecule has 19 heavy (non-hydrogen) atoms. The number of hydrogen-bond donors (Lipinski definition) is 1. The van der Waals surface area contributed by atoms with E-state index in [1.54, 1.807) is 18.6 Å². The highest BCUT2D eigenvalue weighted by Gasteiger charge is 2.02. The topological polar surface area (TPSA) is 73.9 Å². The van der Waals surface area contributed by atoms with Crippen LogP contribution >= 0.6 is 0 Å². The highest BCUT2D eigenvalue weighted by Crippen LogP contribution is 2.23. The number of nitrogens with two attached hydrogens (primary N) is 1. The van der Waals surface area contributed by atoms with Gasteiger partial charge in [-0.2, -0.15) is 0 Å². The first kappa shape index (κ1) is 11.6. The van der Waals surface area contributed by atoms with Crippen LogP contribution < -0.4 is 10.5 Å². The maximum atomic E-state index is 5.66. The van der Waals surface area contributed by atoms with E-state index in [-0.39, 0.29) is 0 Å². The Morgan fingerprint density at radius 2 is 2.11 bits per heavy atom. The van der Waals surface area contributed by atoms with Crippen LogP contribution in [0.25, 0.3) is 10.9 Å². The molecule has 1 aromatic carbocycles. The number of pyridine rings is 1. The van der Waals surface area contributed by atoms with Crippen molar-refractivity contribution in [1.29, 1.82) is 0 Å². The highest BCUT2D eigenvalue weighted by molar-refractivity contribution is 5.79. The second-order valence-electron chi connectivity index (χ2n) is 4.01. The summed E-state index contributed by atoms with van der Waals surface area (Å²) in [6, 6.07) is 9.60. The molecule has 0 fully saturated rings. The smallest absolute Gasteiger partial charge is 0.238 e. The summed E-state index contributed by atoms with van der Waals surface area (Å²) in [7, 11) is 0. The molecule has 0 aliphatic carbocycles. The third-order valence-corrected chi connectivity index (χ3v) is 2.67. The molecule has 3 rings (SSSR count). The van der Waals surface area contributed by atoms with Gasteiger partial charge >= 0.3 is 0 Å². The average Bonchev–Trinajstić information content (AvgIpc) is 2.47. The van der Waals surface area contributed by atoms with Gasteiger partial charge in [-0.3, -0.25) is 9.97 Å². The van der Waals surface area contributed by atoms with Gasteiger partial charge in [-0.15, -0.1) is 0 Å². The van der Waals surface area contributed by atoms with Crippen LogP contribution in [0.3, 0.4) is 0 Å². The largest absolute Gasteiger partial charge is 0.437 e. The van der Waals surface area contributed by atoms with Gasteiger partial charge in [0.2, 0.25) is 5.88 Å². The molecule has 0 saturated carbocycles. The van der Waals surface area contributed by atoms with Crippen LogP contribution in [0.1, 0.15) is 5.69 Å². The van der Waals surface area contributed by atoms with Gasteiger partial charge < -0.3 is 10.5 Å². The molecule has 2 N–H and O–H groups in total. The second kappa shape index (κ2) is 4.99. The van der Waals surface area contributed by atoms with Gasteiger partial charge in [0.25, 0.3) is 0 Å². The molecule has 0 aliphatic rings. The fourth-order valence-electron chi connectivity index (χ4n) is 1.76. The summed E-state index contributed by atoms with van der Waals surface area (Å²) in [5.41, 5.74) is 7.09. The summed E-state index contributed by atoms with van der Waals surface area (Å²) in [5, 5.41) is 1.07. The molecule has 5 nitrogen and oxygen atoms in total. The van der Waals surface area contributed by atoms with Crippen molar-refractivity contribution in [1.82, 2.24) is 15.0 Å². The zero-order valence-corrected chi connectivity index (χ0v) is 10.2. The van der Waals surface area contributed by atoms with Crippen molar-refractivity contribution in [2.24, 2.45) is 5.73 Å². The molecular weight excluding hydrogens is 240 g/mol. The summed E-state index contributed by atoms with van der Waals surface area (Å²) >= 11 is 0. The number of hydrogen-bond acceptors (Lipinski definition) is 5. The normalized spacial score (nSPS) is 10.6. The molecule has 0 saturated heterocycles. The molecule has 0 unspecified atom stereocenters. The van der Waals surface area contributed by atoms with Crippen LogP contribution in [0.15, 0.2) is 48.9 Å². The first-order valence-electron chi connectivity index (χ1n) is 5.89. The molecule has 0 amide bonds. The maximum Gasteiger partial charge on any atom is 0.238 e. The van der Waals surface area contributed by atoms with Gasteiger partial charge in [-0.1, -0.05) is 6.07 Å². The van der Waals surface area contributed by atoms with E-state index in [0.717, 1.165) is 10.9 Å². The average molecular weight is 252 g/mol. The van der Waals surface area contributed by atoms with Crippen molar-refractivity contribution in [3.63, 3.8) is 0 Å². The lowest BCUT2D eigenvalue weighted by molar-refractivity contribution is 0.458. The van der Waals surface area contributed by atoms with E-state index in [2.05, 4.69) is 15.0 Å². The quantitative estimate of drug-likeness (QED) is 0.774. The zero-order chi connectivity index (χ0) is 13.1. The van der Waals surface area contributed by atoms with Crippen LogP contribution in [0.5, 0.6) is 11.6 Å². The van der Waals surface area contributed by atoms with Crippen molar-refractivity contribution in [3.05, 3.63) is 54.6 Å². The Morgan fingerprint density at radius 3 is 3.00 bits per heavy atom. The Bertz CT molecular complexity index is 714. The van der Waals surface area contributed by atoms with E-state index in [9.17, 15) is 0 Å².